The van der Waals surface area contributed by atoms with Crippen LogP contribution in [0.4, 0.5) is 4.39 Å². The second kappa shape index (κ2) is 9.45. The van der Waals surface area contributed by atoms with E-state index in [1.165, 1.54) is 13.2 Å². The van der Waals surface area contributed by atoms with Gasteiger partial charge in [-0.1, -0.05) is 6.07 Å². The van der Waals surface area contributed by atoms with Crippen LogP contribution >= 0.6 is 0 Å². The summed E-state index contributed by atoms with van der Waals surface area (Å²) < 4.78 is 40.3. The van der Waals surface area contributed by atoms with Crippen LogP contribution in [0.15, 0.2) is 73.3 Å². The summed E-state index contributed by atoms with van der Waals surface area (Å²) in [7, 11) is 1.43. The lowest BCUT2D eigenvalue weighted by Gasteiger charge is -2.17. The molecule has 8 heteroatoms. The van der Waals surface area contributed by atoms with E-state index >= 15 is 4.39 Å². The number of carbonyl (C=O) groups excluding carboxylic acids is 1. The SMILES string of the molecule is COC(=O)C1CC1C1COc2cc(OC3CCc4c(Oc5ccc(-n6ccnc6)cc5)ccc(F)c43)ccc21. The molecule has 1 fully saturated rings. The van der Waals surface area contributed by atoms with E-state index < -0.39 is 6.10 Å². The number of hydrogen-bond acceptors (Lipinski definition) is 6. The van der Waals surface area contributed by atoms with Crippen molar-refractivity contribution in [2.45, 2.75) is 31.3 Å². The fourth-order valence-corrected chi connectivity index (χ4v) is 5.97. The average molecular weight is 527 g/mol. The third kappa shape index (κ3) is 4.30. The summed E-state index contributed by atoms with van der Waals surface area (Å²) in [6.07, 6.45) is 7.05. The molecule has 0 bridgehead atoms. The zero-order chi connectivity index (χ0) is 26.5. The second-order valence-electron chi connectivity index (χ2n) is 10.3. The van der Waals surface area contributed by atoms with E-state index in [1.54, 1.807) is 18.6 Å². The van der Waals surface area contributed by atoms with E-state index in [0.29, 0.717) is 42.3 Å². The Bertz CT molecular complexity index is 1540. The van der Waals surface area contributed by atoms with Gasteiger partial charge in [0.25, 0.3) is 0 Å². The largest absolute Gasteiger partial charge is 0.493 e. The van der Waals surface area contributed by atoms with Crippen molar-refractivity contribution in [1.82, 2.24) is 9.55 Å². The first-order chi connectivity index (χ1) is 19.1. The van der Waals surface area contributed by atoms with Crippen molar-refractivity contribution in [1.29, 1.82) is 0 Å². The van der Waals surface area contributed by atoms with Crippen molar-refractivity contribution in [2.24, 2.45) is 11.8 Å². The number of rotatable bonds is 7. The van der Waals surface area contributed by atoms with E-state index in [1.807, 2.05) is 53.2 Å². The van der Waals surface area contributed by atoms with Crippen molar-refractivity contribution in [3.63, 3.8) is 0 Å². The summed E-state index contributed by atoms with van der Waals surface area (Å²) in [6.45, 7) is 0.543. The summed E-state index contributed by atoms with van der Waals surface area (Å²) >= 11 is 0. The summed E-state index contributed by atoms with van der Waals surface area (Å²) in [4.78, 5) is 16.0. The van der Waals surface area contributed by atoms with Crippen LogP contribution in [0.3, 0.4) is 0 Å². The number of hydrogen-bond donors (Lipinski definition) is 0. The lowest BCUT2D eigenvalue weighted by molar-refractivity contribution is -0.142. The molecule has 4 aromatic rings. The number of fused-ring (bicyclic) bond motifs is 2. The molecule has 0 N–H and O–H groups in total. The van der Waals surface area contributed by atoms with E-state index in [4.69, 9.17) is 18.9 Å². The molecule has 3 aromatic carbocycles. The zero-order valence-electron chi connectivity index (χ0n) is 21.4. The van der Waals surface area contributed by atoms with Crippen LogP contribution < -0.4 is 14.2 Å². The molecule has 0 saturated heterocycles. The molecular formula is C31H27FN2O5. The van der Waals surface area contributed by atoms with Crippen LogP contribution in [0, 0.1) is 17.7 Å². The molecule has 4 atom stereocenters. The van der Waals surface area contributed by atoms with Gasteiger partial charge in [-0.2, -0.15) is 0 Å². The monoisotopic (exact) mass is 526 g/mol. The molecule has 0 radical (unpaired) electrons. The average Bonchev–Trinajstić information content (AvgIpc) is 3.31. The fourth-order valence-electron chi connectivity index (χ4n) is 5.97. The standard InChI is InChI=1S/C31H27FN2O5/c1-36-31(35)24-15-23(24)25-16-37-29-14-20(6-7-21(25)29)39-28-10-8-22-27(11-9-26(32)30(22)28)38-19-4-2-18(3-5-19)34-13-12-33-17-34/h2-7,9,11-14,17,23-25,28H,8,10,15-16H2,1H3. The Morgan fingerprint density at radius 3 is 2.74 bits per heavy atom. The van der Waals surface area contributed by atoms with E-state index in [-0.39, 0.29) is 29.5 Å². The molecule has 1 aliphatic heterocycles. The van der Waals surface area contributed by atoms with Crippen molar-refractivity contribution >= 4 is 5.97 Å². The van der Waals surface area contributed by atoms with Gasteiger partial charge in [0.15, 0.2) is 0 Å². The minimum Gasteiger partial charge on any atom is -0.493 e. The molecule has 2 heterocycles. The van der Waals surface area contributed by atoms with E-state index in [9.17, 15) is 4.79 Å². The first kappa shape index (κ1) is 23.8. The number of ether oxygens (including phenoxy) is 4. The van der Waals surface area contributed by atoms with Gasteiger partial charge >= 0.3 is 5.97 Å². The number of benzene rings is 3. The van der Waals surface area contributed by atoms with E-state index in [0.717, 1.165) is 29.0 Å². The first-order valence-corrected chi connectivity index (χ1v) is 13.2. The van der Waals surface area contributed by atoms with Crippen LogP contribution in [0.1, 0.15) is 41.6 Å². The van der Waals surface area contributed by atoms with Crippen molar-refractivity contribution in [3.8, 4) is 28.7 Å². The number of methoxy groups -OCH3 is 1. The van der Waals surface area contributed by atoms with Gasteiger partial charge < -0.3 is 23.5 Å². The number of aromatic nitrogens is 2. The van der Waals surface area contributed by atoms with Crippen molar-refractivity contribution < 1.29 is 28.1 Å². The predicted octanol–water partition coefficient (Wildman–Crippen LogP) is 6.16. The Morgan fingerprint density at radius 1 is 1.10 bits per heavy atom. The Labute approximate surface area is 225 Å². The summed E-state index contributed by atoms with van der Waals surface area (Å²) in [5, 5.41) is 0. The Kier molecular flexibility index (Phi) is 5.76. The van der Waals surface area contributed by atoms with Gasteiger partial charge in [0.05, 0.1) is 26.0 Å². The Hall–Kier alpha value is -4.33. The second-order valence-corrected chi connectivity index (χ2v) is 10.3. The Balaban J connectivity index is 1.07. The van der Waals surface area contributed by atoms with Gasteiger partial charge in [0, 0.05) is 46.8 Å². The molecule has 0 spiro atoms. The maximum atomic E-state index is 15.1. The number of carbonyl (C=O) groups is 1. The highest BCUT2D eigenvalue weighted by Crippen LogP contribution is 2.54. The minimum absolute atomic E-state index is 0.0468. The topological polar surface area (TPSA) is 71.8 Å². The highest BCUT2D eigenvalue weighted by molar-refractivity contribution is 5.76. The van der Waals surface area contributed by atoms with Crippen LogP contribution in [0.2, 0.25) is 0 Å². The molecule has 4 unspecified atom stereocenters. The van der Waals surface area contributed by atoms with Crippen LogP contribution in [-0.4, -0.2) is 29.2 Å². The number of nitrogens with zero attached hydrogens (tertiary/aromatic N) is 2. The number of esters is 1. The molecule has 0 amide bonds. The lowest BCUT2D eigenvalue weighted by atomic mass is 9.95. The summed E-state index contributed by atoms with van der Waals surface area (Å²) in [5.74, 6) is 2.65. The number of imidazole rings is 1. The maximum absolute atomic E-state index is 15.1. The molecule has 3 aliphatic rings. The third-order valence-electron chi connectivity index (χ3n) is 8.05. The van der Waals surface area contributed by atoms with Gasteiger partial charge in [0.2, 0.25) is 0 Å². The highest BCUT2D eigenvalue weighted by atomic mass is 19.1. The fraction of sp³-hybridized carbons (Fsp3) is 0.290. The zero-order valence-corrected chi connectivity index (χ0v) is 21.4. The summed E-state index contributed by atoms with van der Waals surface area (Å²) in [6, 6.07) is 16.6. The predicted molar refractivity (Wildman–Crippen MR) is 140 cm³/mol. The highest BCUT2D eigenvalue weighted by Gasteiger charge is 2.51. The Morgan fingerprint density at radius 2 is 1.95 bits per heavy atom. The van der Waals surface area contributed by atoms with Crippen LogP contribution in [0.25, 0.3) is 5.69 Å². The summed E-state index contributed by atoms with van der Waals surface area (Å²) in [5.41, 5.74) is 3.44. The number of halogens is 1. The van der Waals surface area contributed by atoms with Gasteiger partial charge in [-0.15, -0.1) is 0 Å². The molecule has 39 heavy (non-hydrogen) atoms. The molecule has 2 aliphatic carbocycles. The third-order valence-corrected chi connectivity index (χ3v) is 8.05. The van der Waals surface area contributed by atoms with Gasteiger partial charge in [0.1, 0.15) is 34.9 Å². The molecule has 1 saturated carbocycles. The molecule has 1 aromatic heterocycles. The van der Waals surface area contributed by atoms with Crippen molar-refractivity contribution in [2.75, 3.05) is 13.7 Å². The molecule has 7 rings (SSSR count). The van der Waals surface area contributed by atoms with Crippen LogP contribution in [0.5, 0.6) is 23.0 Å². The first-order valence-electron chi connectivity index (χ1n) is 13.2. The minimum atomic E-state index is -0.422. The van der Waals surface area contributed by atoms with Crippen molar-refractivity contribution in [3.05, 3.63) is 95.8 Å². The molecule has 7 nitrogen and oxygen atoms in total. The van der Waals surface area contributed by atoms with Gasteiger partial charge in [-0.25, -0.2) is 9.37 Å². The van der Waals surface area contributed by atoms with E-state index in [2.05, 4.69) is 4.98 Å². The normalized spacial score (nSPS) is 22.5. The quantitative estimate of drug-likeness (QED) is 0.269. The van der Waals surface area contributed by atoms with Gasteiger partial charge in [-0.3, -0.25) is 4.79 Å². The molecular weight excluding hydrogens is 499 g/mol. The lowest BCUT2D eigenvalue weighted by Crippen LogP contribution is -2.10. The van der Waals surface area contributed by atoms with Crippen LogP contribution in [-0.2, 0) is 16.0 Å². The van der Waals surface area contributed by atoms with Gasteiger partial charge in [-0.05, 0) is 67.6 Å². The maximum Gasteiger partial charge on any atom is 0.308 e. The smallest absolute Gasteiger partial charge is 0.308 e. The molecule has 198 valence electrons.